The topological polar surface area (TPSA) is 47.1 Å². The fraction of sp³-hybridized carbons (Fsp3) is 0.533. The molecular formula is C15H21IN4. The summed E-state index contributed by atoms with van der Waals surface area (Å²) < 4.78 is 3.38. The number of anilines is 1. The average Bonchev–Trinajstić information content (AvgIpc) is 2.96. The molecule has 1 aliphatic rings. The molecule has 2 heterocycles. The van der Waals surface area contributed by atoms with Gasteiger partial charge < -0.3 is 15.2 Å². The van der Waals surface area contributed by atoms with E-state index in [1.54, 1.807) is 0 Å². The molecule has 2 aromatic rings. The van der Waals surface area contributed by atoms with Crippen LogP contribution in [0.2, 0.25) is 0 Å². The SMILES string of the molecule is CC(C)N1CCC(Cn2c(N)nc3cc(I)ccc32)C1. The molecule has 1 aliphatic heterocycles. The lowest BCUT2D eigenvalue weighted by Crippen LogP contribution is -2.28. The van der Waals surface area contributed by atoms with Crippen LogP contribution in [-0.4, -0.2) is 33.6 Å². The number of nitrogen functional groups attached to an aromatic ring is 1. The normalized spacial score (nSPS) is 20.3. The molecule has 4 nitrogen and oxygen atoms in total. The van der Waals surface area contributed by atoms with Crippen molar-refractivity contribution < 1.29 is 0 Å². The summed E-state index contributed by atoms with van der Waals surface area (Å²) in [6.45, 7) is 7.89. The van der Waals surface area contributed by atoms with Crippen LogP contribution in [0.4, 0.5) is 5.95 Å². The van der Waals surface area contributed by atoms with E-state index in [4.69, 9.17) is 5.73 Å². The second-order valence-electron chi connectivity index (χ2n) is 5.96. The molecule has 5 heteroatoms. The third-order valence-corrected chi connectivity index (χ3v) is 4.90. The van der Waals surface area contributed by atoms with Gasteiger partial charge in [-0.3, -0.25) is 0 Å². The number of fused-ring (bicyclic) bond motifs is 1. The van der Waals surface area contributed by atoms with Gasteiger partial charge >= 0.3 is 0 Å². The number of rotatable bonds is 3. The second kappa shape index (κ2) is 5.52. The van der Waals surface area contributed by atoms with E-state index in [-0.39, 0.29) is 0 Å². The summed E-state index contributed by atoms with van der Waals surface area (Å²) in [5, 5.41) is 0. The van der Waals surface area contributed by atoms with Crippen LogP contribution in [-0.2, 0) is 6.54 Å². The maximum Gasteiger partial charge on any atom is 0.201 e. The van der Waals surface area contributed by atoms with Gasteiger partial charge in [0.15, 0.2) is 0 Å². The highest BCUT2D eigenvalue weighted by atomic mass is 127. The predicted octanol–water partition coefficient (Wildman–Crippen LogP) is 2.95. The number of hydrogen-bond acceptors (Lipinski definition) is 3. The quantitative estimate of drug-likeness (QED) is 0.828. The number of benzene rings is 1. The van der Waals surface area contributed by atoms with E-state index in [2.05, 4.69) is 69.1 Å². The molecule has 0 radical (unpaired) electrons. The molecule has 1 aromatic carbocycles. The summed E-state index contributed by atoms with van der Waals surface area (Å²) in [6.07, 6.45) is 1.25. The highest BCUT2D eigenvalue weighted by Gasteiger charge is 2.25. The Kier molecular flexibility index (Phi) is 3.90. The van der Waals surface area contributed by atoms with Crippen LogP contribution >= 0.6 is 22.6 Å². The summed E-state index contributed by atoms with van der Waals surface area (Å²) in [7, 11) is 0. The number of nitrogens with zero attached hydrogens (tertiary/aromatic N) is 3. The molecule has 0 spiro atoms. The van der Waals surface area contributed by atoms with Gasteiger partial charge in [-0.25, -0.2) is 4.98 Å². The van der Waals surface area contributed by atoms with Gasteiger partial charge in [0.25, 0.3) is 0 Å². The molecule has 3 rings (SSSR count). The maximum absolute atomic E-state index is 6.11. The smallest absolute Gasteiger partial charge is 0.201 e. The monoisotopic (exact) mass is 384 g/mol. The standard InChI is InChI=1S/C15H21IN4/c1-10(2)19-6-5-11(8-19)9-20-14-4-3-12(16)7-13(14)18-15(20)17/h3-4,7,10-11H,5-6,8-9H2,1-2H3,(H2,17,18). The van der Waals surface area contributed by atoms with Crippen LogP contribution in [0.5, 0.6) is 0 Å². The number of imidazole rings is 1. The lowest BCUT2D eigenvalue weighted by Gasteiger charge is -2.20. The van der Waals surface area contributed by atoms with E-state index >= 15 is 0 Å². The Morgan fingerprint density at radius 3 is 2.95 bits per heavy atom. The zero-order chi connectivity index (χ0) is 14.3. The largest absolute Gasteiger partial charge is 0.369 e. The average molecular weight is 384 g/mol. The van der Waals surface area contributed by atoms with E-state index in [0.717, 1.165) is 17.6 Å². The Hall–Kier alpha value is -0.820. The molecule has 1 unspecified atom stereocenters. The fourth-order valence-electron chi connectivity index (χ4n) is 3.05. The second-order valence-corrected chi connectivity index (χ2v) is 7.20. The van der Waals surface area contributed by atoms with Crippen molar-refractivity contribution in [2.24, 2.45) is 5.92 Å². The van der Waals surface area contributed by atoms with Crippen molar-refractivity contribution in [1.29, 1.82) is 0 Å². The minimum Gasteiger partial charge on any atom is -0.369 e. The van der Waals surface area contributed by atoms with Gasteiger partial charge in [0.2, 0.25) is 5.95 Å². The van der Waals surface area contributed by atoms with E-state index in [9.17, 15) is 0 Å². The molecule has 0 saturated carbocycles. The molecular weight excluding hydrogens is 363 g/mol. The fourth-order valence-corrected chi connectivity index (χ4v) is 3.53. The van der Waals surface area contributed by atoms with Crippen LogP contribution in [0.15, 0.2) is 18.2 Å². The minimum absolute atomic E-state index is 0.637. The molecule has 2 N–H and O–H groups in total. The van der Waals surface area contributed by atoms with Crippen molar-refractivity contribution in [1.82, 2.24) is 14.5 Å². The highest BCUT2D eigenvalue weighted by Crippen LogP contribution is 2.25. The van der Waals surface area contributed by atoms with Crippen molar-refractivity contribution in [3.05, 3.63) is 21.8 Å². The first-order chi connectivity index (χ1) is 9.54. The molecule has 0 bridgehead atoms. The van der Waals surface area contributed by atoms with Crippen molar-refractivity contribution in [3.63, 3.8) is 0 Å². The summed E-state index contributed by atoms with van der Waals surface area (Å²) in [5.41, 5.74) is 8.28. The zero-order valence-electron chi connectivity index (χ0n) is 12.0. The first-order valence-electron chi connectivity index (χ1n) is 7.20. The van der Waals surface area contributed by atoms with Gasteiger partial charge in [-0.1, -0.05) is 0 Å². The van der Waals surface area contributed by atoms with Gasteiger partial charge in [0.05, 0.1) is 11.0 Å². The minimum atomic E-state index is 0.637. The van der Waals surface area contributed by atoms with Crippen LogP contribution < -0.4 is 5.73 Å². The Morgan fingerprint density at radius 1 is 1.45 bits per heavy atom. The first-order valence-corrected chi connectivity index (χ1v) is 8.28. The van der Waals surface area contributed by atoms with E-state index in [0.29, 0.717) is 17.9 Å². The molecule has 1 atom stereocenters. The third kappa shape index (κ3) is 2.65. The number of halogens is 1. The van der Waals surface area contributed by atoms with Crippen LogP contribution in [0.25, 0.3) is 11.0 Å². The van der Waals surface area contributed by atoms with Gasteiger partial charge in [0.1, 0.15) is 0 Å². The lowest BCUT2D eigenvalue weighted by atomic mass is 10.1. The van der Waals surface area contributed by atoms with E-state index in [1.165, 1.54) is 23.1 Å². The van der Waals surface area contributed by atoms with Crippen LogP contribution in [0.3, 0.4) is 0 Å². The van der Waals surface area contributed by atoms with E-state index in [1.807, 2.05) is 0 Å². The molecule has 1 aromatic heterocycles. The molecule has 108 valence electrons. The van der Waals surface area contributed by atoms with Gasteiger partial charge in [-0.2, -0.15) is 0 Å². The molecule has 0 aliphatic carbocycles. The zero-order valence-corrected chi connectivity index (χ0v) is 14.2. The van der Waals surface area contributed by atoms with Crippen molar-refractivity contribution in [3.8, 4) is 0 Å². The Morgan fingerprint density at radius 2 is 2.25 bits per heavy atom. The third-order valence-electron chi connectivity index (χ3n) is 4.23. The lowest BCUT2D eigenvalue weighted by molar-refractivity contribution is 0.261. The Labute approximate surface area is 133 Å². The summed E-state index contributed by atoms with van der Waals surface area (Å²) >= 11 is 2.31. The summed E-state index contributed by atoms with van der Waals surface area (Å²) in [6, 6.07) is 6.99. The molecule has 0 amide bonds. The Bertz CT molecular complexity index is 620. The maximum atomic E-state index is 6.11. The van der Waals surface area contributed by atoms with Crippen molar-refractivity contribution >= 4 is 39.6 Å². The molecule has 20 heavy (non-hydrogen) atoms. The molecule has 1 saturated heterocycles. The summed E-state index contributed by atoms with van der Waals surface area (Å²) in [5.74, 6) is 1.32. The van der Waals surface area contributed by atoms with Gasteiger partial charge in [-0.05, 0) is 73.5 Å². The number of hydrogen-bond donors (Lipinski definition) is 1. The number of likely N-dealkylation sites (tertiary alicyclic amines) is 1. The van der Waals surface area contributed by atoms with Crippen LogP contribution in [0.1, 0.15) is 20.3 Å². The highest BCUT2D eigenvalue weighted by molar-refractivity contribution is 14.1. The first kappa shape index (κ1) is 14.1. The van der Waals surface area contributed by atoms with Gasteiger partial charge in [0, 0.05) is 22.7 Å². The van der Waals surface area contributed by atoms with Crippen molar-refractivity contribution in [2.75, 3.05) is 18.8 Å². The number of nitrogens with two attached hydrogens (primary N) is 1. The van der Waals surface area contributed by atoms with Gasteiger partial charge in [-0.15, -0.1) is 0 Å². The van der Waals surface area contributed by atoms with Crippen molar-refractivity contribution in [2.45, 2.75) is 32.9 Å². The van der Waals surface area contributed by atoms with Crippen LogP contribution in [0, 0.1) is 9.49 Å². The summed E-state index contributed by atoms with van der Waals surface area (Å²) in [4.78, 5) is 7.04. The number of aromatic nitrogens is 2. The predicted molar refractivity (Wildman–Crippen MR) is 91.7 cm³/mol. The van der Waals surface area contributed by atoms with E-state index < -0.39 is 0 Å². The Balaban J connectivity index is 1.83. The molecule has 1 fully saturated rings.